The fourth-order valence-electron chi connectivity index (χ4n) is 2.89. The number of hydrogen-bond acceptors (Lipinski definition) is 4. The molecule has 2 rings (SSSR count). The van der Waals surface area contributed by atoms with E-state index in [0.29, 0.717) is 17.9 Å². The Bertz CT molecular complexity index is 477. The van der Waals surface area contributed by atoms with Gasteiger partial charge in [0.05, 0.1) is 18.9 Å². The van der Waals surface area contributed by atoms with Gasteiger partial charge in [-0.3, -0.25) is 0 Å². The smallest absolute Gasteiger partial charge is 0.332 e. The summed E-state index contributed by atoms with van der Waals surface area (Å²) in [5.74, 6) is -0.247. The topological polar surface area (TPSA) is 67.8 Å². The summed E-state index contributed by atoms with van der Waals surface area (Å²) in [5.41, 5.74) is -0.414. The third-order valence-corrected chi connectivity index (χ3v) is 3.97. The van der Waals surface area contributed by atoms with Crippen molar-refractivity contribution in [1.29, 1.82) is 0 Å². The van der Waals surface area contributed by atoms with Crippen LogP contribution in [0.2, 0.25) is 0 Å². The zero-order chi connectivity index (χ0) is 14.6. The van der Waals surface area contributed by atoms with Gasteiger partial charge in [0.15, 0.2) is 5.54 Å². The molecule has 5 nitrogen and oxygen atoms in total. The first-order valence-electron chi connectivity index (χ1n) is 6.81. The average molecular weight is 279 g/mol. The molecule has 20 heavy (non-hydrogen) atoms. The molecule has 0 amide bonds. The quantitative estimate of drug-likeness (QED) is 0.867. The Morgan fingerprint density at radius 3 is 2.75 bits per heavy atom. The summed E-state index contributed by atoms with van der Waals surface area (Å²) in [7, 11) is 3.14. The van der Waals surface area contributed by atoms with Crippen LogP contribution in [-0.2, 0) is 9.53 Å². The highest BCUT2D eigenvalue weighted by molar-refractivity contribution is 5.84. The van der Waals surface area contributed by atoms with Crippen LogP contribution >= 0.6 is 0 Å². The van der Waals surface area contributed by atoms with Gasteiger partial charge in [-0.1, -0.05) is 25.0 Å². The van der Waals surface area contributed by atoms with Crippen molar-refractivity contribution < 1.29 is 19.4 Å². The predicted molar refractivity (Wildman–Crippen MR) is 76.2 cm³/mol. The number of aliphatic carboxylic acids is 1. The highest BCUT2D eigenvalue weighted by Crippen LogP contribution is 2.36. The molecular formula is C15H21NO4. The third-order valence-electron chi connectivity index (χ3n) is 3.97. The molecule has 0 aromatic heterocycles. The van der Waals surface area contributed by atoms with Gasteiger partial charge in [-0.25, -0.2) is 4.79 Å². The van der Waals surface area contributed by atoms with Crippen LogP contribution in [0.1, 0.15) is 25.7 Å². The van der Waals surface area contributed by atoms with E-state index in [2.05, 4.69) is 5.32 Å². The lowest BCUT2D eigenvalue weighted by atomic mass is 9.78. The maximum absolute atomic E-state index is 11.9. The molecule has 0 radical (unpaired) electrons. The Balaban J connectivity index is 2.35. The summed E-state index contributed by atoms with van der Waals surface area (Å²) >= 11 is 0. The van der Waals surface area contributed by atoms with Gasteiger partial charge in [0.25, 0.3) is 0 Å². The largest absolute Gasteiger partial charge is 0.495 e. The predicted octanol–water partition coefficient (Wildman–Crippen LogP) is 2.52. The first-order chi connectivity index (χ1) is 9.64. The van der Waals surface area contributed by atoms with E-state index in [9.17, 15) is 9.90 Å². The number of benzene rings is 1. The Hall–Kier alpha value is -1.75. The number of carboxylic acid groups (broad SMARTS) is 1. The molecule has 1 aliphatic rings. The van der Waals surface area contributed by atoms with E-state index >= 15 is 0 Å². The zero-order valence-electron chi connectivity index (χ0n) is 11.9. The van der Waals surface area contributed by atoms with Crippen LogP contribution in [0.15, 0.2) is 24.3 Å². The summed E-state index contributed by atoms with van der Waals surface area (Å²) < 4.78 is 10.7. The van der Waals surface area contributed by atoms with Crippen molar-refractivity contribution in [1.82, 2.24) is 0 Å². The summed E-state index contributed by atoms with van der Waals surface area (Å²) in [5, 5.41) is 12.9. The van der Waals surface area contributed by atoms with Crippen LogP contribution in [0.25, 0.3) is 0 Å². The second-order valence-corrected chi connectivity index (χ2v) is 5.07. The van der Waals surface area contributed by atoms with E-state index in [1.54, 1.807) is 14.2 Å². The van der Waals surface area contributed by atoms with Gasteiger partial charge >= 0.3 is 5.97 Å². The number of carbonyl (C=O) groups is 1. The summed E-state index contributed by atoms with van der Waals surface area (Å²) in [6.07, 6.45) is 2.79. The van der Waals surface area contributed by atoms with E-state index in [1.165, 1.54) is 0 Å². The molecule has 2 atom stereocenters. The molecule has 0 heterocycles. The maximum Gasteiger partial charge on any atom is 0.332 e. The molecule has 0 saturated heterocycles. The Morgan fingerprint density at radius 1 is 1.35 bits per heavy atom. The summed E-state index contributed by atoms with van der Waals surface area (Å²) in [6.45, 7) is 0. The molecule has 5 heteroatoms. The van der Waals surface area contributed by atoms with Crippen molar-refractivity contribution in [3.05, 3.63) is 24.3 Å². The van der Waals surface area contributed by atoms with Gasteiger partial charge in [0, 0.05) is 7.11 Å². The number of nitrogens with one attached hydrogen (secondary N) is 1. The molecule has 2 unspecified atom stereocenters. The number of rotatable bonds is 5. The van der Waals surface area contributed by atoms with Crippen molar-refractivity contribution in [3.8, 4) is 5.75 Å². The second kappa shape index (κ2) is 6.13. The monoisotopic (exact) mass is 279 g/mol. The molecule has 0 aliphatic heterocycles. The minimum atomic E-state index is -1.10. The fourth-order valence-corrected chi connectivity index (χ4v) is 2.89. The van der Waals surface area contributed by atoms with Crippen molar-refractivity contribution in [2.45, 2.75) is 37.3 Å². The molecule has 110 valence electrons. The van der Waals surface area contributed by atoms with Gasteiger partial charge in [0.2, 0.25) is 0 Å². The minimum absolute atomic E-state index is 0.348. The first-order valence-corrected chi connectivity index (χ1v) is 6.81. The summed E-state index contributed by atoms with van der Waals surface area (Å²) in [6, 6.07) is 7.34. The third kappa shape index (κ3) is 2.58. The number of ether oxygens (including phenoxy) is 2. The van der Waals surface area contributed by atoms with Gasteiger partial charge in [-0.15, -0.1) is 0 Å². The molecule has 1 aromatic rings. The normalized spacial score (nSPS) is 26.0. The van der Waals surface area contributed by atoms with E-state index in [4.69, 9.17) is 9.47 Å². The molecular weight excluding hydrogens is 258 g/mol. The number of para-hydroxylation sites is 2. The van der Waals surface area contributed by atoms with Crippen LogP contribution in [0.4, 0.5) is 5.69 Å². The Labute approximate surface area is 118 Å². The number of methoxy groups -OCH3 is 2. The zero-order valence-corrected chi connectivity index (χ0v) is 11.9. The average Bonchev–Trinajstić information content (AvgIpc) is 2.48. The number of carboxylic acids is 1. The van der Waals surface area contributed by atoms with Crippen molar-refractivity contribution in [3.63, 3.8) is 0 Å². The fraction of sp³-hybridized carbons (Fsp3) is 0.533. The van der Waals surface area contributed by atoms with Gasteiger partial charge < -0.3 is 19.9 Å². The Kier molecular flexibility index (Phi) is 4.49. The lowest BCUT2D eigenvalue weighted by Gasteiger charge is -2.41. The second-order valence-electron chi connectivity index (χ2n) is 5.07. The maximum atomic E-state index is 11.9. The van der Waals surface area contributed by atoms with Crippen molar-refractivity contribution in [2.75, 3.05) is 19.5 Å². The van der Waals surface area contributed by atoms with Gasteiger partial charge in [-0.2, -0.15) is 0 Å². The van der Waals surface area contributed by atoms with Crippen molar-refractivity contribution in [2.24, 2.45) is 0 Å². The SMILES string of the molecule is COc1ccccc1NC1(C(=O)O)CCCCC1OC. The van der Waals surface area contributed by atoms with Crippen LogP contribution < -0.4 is 10.1 Å². The van der Waals surface area contributed by atoms with E-state index in [1.807, 2.05) is 24.3 Å². The molecule has 1 saturated carbocycles. The summed E-state index contributed by atoms with van der Waals surface area (Å²) in [4.78, 5) is 11.9. The van der Waals surface area contributed by atoms with Crippen LogP contribution in [0, 0.1) is 0 Å². The molecule has 2 N–H and O–H groups in total. The van der Waals surface area contributed by atoms with E-state index in [0.717, 1.165) is 19.3 Å². The molecule has 1 aromatic carbocycles. The van der Waals surface area contributed by atoms with E-state index in [-0.39, 0.29) is 6.10 Å². The number of anilines is 1. The van der Waals surface area contributed by atoms with Crippen molar-refractivity contribution >= 4 is 11.7 Å². The lowest BCUT2D eigenvalue weighted by Crippen LogP contribution is -2.58. The van der Waals surface area contributed by atoms with Gasteiger partial charge in [0.1, 0.15) is 5.75 Å². The molecule has 0 bridgehead atoms. The highest BCUT2D eigenvalue weighted by atomic mass is 16.5. The minimum Gasteiger partial charge on any atom is -0.495 e. The molecule has 1 aliphatic carbocycles. The lowest BCUT2D eigenvalue weighted by molar-refractivity contribution is -0.149. The van der Waals surface area contributed by atoms with Crippen LogP contribution in [0.5, 0.6) is 5.75 Å². The number of hydrogen-bond donors (Lipinski definition) is 2. The Morgan fingerprint density at radius 2 is 2.10 bits per heavy atom. The standard InChI is InChI=1S/C15H21NO4/c1-19-12-8-4-3-7-11(12)16-15(14(17)18)10-6-5-9-13(15)20-2/h3-4,7-8,13,16H,5-6,9-10H2,1-2H3,(H,17,18). The van der Waals surface area contributed by atoms with Crippen LogP contribution in [0.3, 0.4) is 0 Å². The van der Waals surface area contributed by atoms with E-state index < -0.39 is 11.5 Å². The van der Waals surface area contributed by atoms with Crippen LogP contribution in [-0.4, -0.2) is 36.9 Å². The molecule has 0 spiro atoms. The van der Waals surface area contributed by atoms with Gasteiger partial charge in [-0.05, 0) is 25.0 Å². The highest BCUT2D eigenvalue weighted by Gasteiger charge is 2.48. The first kappa shape index (κ1) is 14.7. The molecule has 1 fully saturated rings.